The molecule has 0 amide bonds. The molecule has 0 N–H and O–H groups in total. The lowest BCUT2D eigenvalue weighted by Gasteiger charge is -2.11. The summed E-state index contributed by atoms with van der Waals surface area (Å²) in [5, 5.41) is 11.2. The van der Waals surface area contributed by atoms with Gasteiger partial charge in [-0.2, -0.15) is 0 Å². The average Bonchev–Trinajstić information content (AvgIpc) is 0.746. The summed E-state index contributed by atoms with van der Waals surface area (Å²) in [5.74, 6) is 5.63. The Morgan fingerprint density at radius 3 is 0.586 bits per heavy atom. The Hall–Kier alpha value is -19.3. The molecule has 140 heavy (non-hydrogen) atoms. The van der Waals surface area contributed by atoms with Gasteiger partial charge in [-0.1, -0.05) is 364 Å². The lowest BCUT2D eigenvalue weighted by molar-refractivity contribution is 1.07. The normalized spacial score (nSPS) is 11.3. The van der Waals surface area contributed by atoms with Gasteiger partial charge < -0.3 is 0 Å². The van der Waals surface area contributed by atoms with Crippen LogP contribution in [0.25, 0.3) is 256 Å². The summed E-state index contributed by atoms with van der Waals surface area (Å²) in [7, 11) is 0. The van der Waals surface area contributed by atoms with E-state index in [2.05, 4.69) is 333 Å². The van der Waals surface area contributed by atoms with Crippen molar-refractivity contribution in [2.24, 2.45) is 0 Å². The second kappa shape index (κ2) is 37.3. The maximum absolute atomic E-state index is 5.04. The molecule has 0 spiro atoms. The van der Waals surface area contributed by atoms with Crippen molar-refractivity contribution in [3.63, 3.8) is 0 Å². The molecule has 9 aromatic heterocycles. The first kappa shape index (κ1) is 83.8. The number of hydrogen-bond acceptors (Lipinski definition) is 15. The van der Waals surface area contributed by atoms with Crippen molar-refractivity contribution < 1.29 is 0 Å². The fraction of sp³-hybridized carbons (Fsp3) is 0. The molecular weight excluding hydrogens is 1710 g/mol. The van der Waals surface area contributed by atoms with E-state index in [-0.39, 0.29) is 0 Å². The van der Waals surface area contributed by atoms with Crippen LogP contribution in [0, 0.1) is 0 Å². The Labute approximate surface area is 805 Å². The number of pyridine rings is 6. The zero-order valence-corrected chi connectivity index (χ0v) is 75.3. The van der Waals surface area contributed by atoms with Crippen molar-refractivity contribution in [1.82, 2.24) is 74.8 Å². The third-order valence-corrected chi connectivity index (χ3v) is 25.4. The summed E-state index contributed by atoms with van der Waals surface area (Å²) in [5.41, 5.74) is 27.2. The first-order valence-electron chi connectivity index (χ1n) is 46.3. The molecule has 9 heterocycles. The van der Waals surface area contributed by atoms with E-state index in [0.717, 1.165) is 198 Å². The van der Waals surface area contributed by atoms with E-state index in [0.29, 0.717) is 52.4 Å². The second-order valence-corrected chi connectivity index (χ2v) is 34.3. The van der Waals surface area contributed by atoms with Gasteiger partial charge in [0.15, 0.2) is 52.4 Å². The number of para-hydroxylation sites is 6. The Bertz CT molecular complexity index is 8730. The largest absolute Gasteiger partial charge is 0.256 e. The van der Waals surface area contributed by atoms with E-state index in [1.807, 2.05) is 177 Å². The highest BCUT2D eigenvalue weighted by molar-refractivity contribution is 5.97. The summed E-state index contributed by atoms with van der Waals surface area (Å²) < 4.78 is 0. The molecule has 0 saturated carbocycles. The lowest BCUT2D eigenvalue weighted by Crippen LogP contribution is -2.00. The molecular formula is C125H79N15. The van der Waals surface area contributed by atoms with Gasteiger partial charge in [0.1, 0.15) is 0 Å². The molecule has 0 aliphatic carbocycles. The third kappa shape index (κ3) is 17.6. The fourth-order valence-electron chi connectivity index (χ4n) is 17.9. The molecule has 654 valence electrons. The number of aromatic nitrogens is 15. The van der Waals surface area contributed by atoms with Crippen LogP contribution >= 0.6 is 0 Å². The van der Waals surface area contributed by atoms with Crippen LogP contribution in [0.3, 0.4) is 0 Å². The highest BCUT2D eigenvalue weighted by Gasteiger charge is 2.21. The second-order valence-electron chi connectivity index (χ2n) is 34.3. The molecule has 17 aromatic carbocycles. The minimum atomic E-state index is 0.619. The van der Waals surface area contributed by atoms with Gasteiger partial charge in [-0.05, 0) is 134 Å². The first-order chi connectivity index (χ1) is 69.2. The van der Waals surface area contributed by atoms with E-state index in [1.165, 1.54) is 5.39 Å². The van der Waals surface area contributed by atoms with Gasteiger partial charge in [0.25, 0.3) is 0 Å². The SMILES string of the molecule is c1ccc(-c2nc(-c3ccc(-c4cnc5ccccc5c4)cc3)nc(-c3ccc(-c4cnc5ccccc5c4)cc3)n2)cc1.c1ccc2cc(-c3nc(-c4ccc(-c5cnc6ccccc6c5)cc4)nc(-c4ccc(-c5cnc6ccccc6c5)cc4)n3)ccc2c1.c1ccc2ncc(-c3ccc(-c4nc(-c5ccc(-c6cnc7ccccc7c6)cc5)nc(-c5cccc6ccccc56)n4)cc3)cc2c1. The molecule has 0 aliphatic heterocycles. The Morgan fingerprint density at radius 1 is 0.107 bits per heavy atom. The van der Waals surface area contributed by atoms with Gasteiger partial charge in [-0.3, -0.25) is 29.9 Å². The minimum absolute atomic E-state index is 0.619. The Morgan fingerprint density at radius 2 is 0.300 bits per heavy atom. The summed E-state index contributed by atoms with van der Waals surface area (Å²) in [6, 6.07) is 151. The molecule has 0 bridgehead atoms. The van der Waals surface area contributed by atoms with E-state index >= 15 is 0 Å². The molecule has 0 unspecified atom stereocenters. The molecule has 15 heteroatoms. The smallest absolute Gasteiger partial charge is 0.164 e. The van der Waals surface area contributed by atoms with Crippen LogP contribution in [0.5, 0.6) is 0 Å². The van der Waals surface area contributed by atoms with Crippen molar-refractivity contribution >= 4 is 87.0 Å². The van der Waals surface area contributed by atoms with Gasteiger partial charge in [-0.15, -0.1) is 0 Å². The maximum Gasteiger partial charge on any atom is 0.164 e. The number of hydrogen-bond donors (Lipinski definition) is 0. The zero-order valence-electron chi connectivity index (χ0n) is 75.3. The number of benzene rings is 17. The van der Waals surface area contributed by atoms with Crippen LogP contribution in [0.4, 0.5) is 0 Å². The Kier molecular flexibility index (Phi) is 22.3. The van der Waals surface area contributed by atoms with Gasteiger partial charge in [0.05, 0.1) is 33.1 Å². The highest BCUT2D eigenvalue weighted by Crippen LogP contribution is 2.39. The minimum Gasteiger partial charge on any atom is -0.256 e. The monoisotopic (exact) mass is 1790 g/mol. The van der Waals surface area contributed by atoms with Crippen LogP contribution in [0.15, 0.2) is 480 Å². The number of fused-ring (bicyclic) bond motifs is 8. The molecule has 0 aliphatic rings. The first-order valence-corrected chi connectivity index (χ1v) is 46.3. The summed E-state index contributed by atoms with van der Waals surface area (Å²) in [6.45, 7) is 0. The molecule has 0 radical (unpaired) electrons. The number of rotatable bonds is 15. The standard InChI is InChI=1S/2C43H27N5.C39H25N5/c1-4-12-37-30(8-1)11-7-13-38(37)43-47-41(31-20-16-28(17-21-31)35-24-33-9-2-5-14-39(33)44-26-35)46-42(48-43)32-22-18-29(19-23-32)36-25-34-10-3-6-15-40(34)45-27-36;1-2-8-33-23-36(22-17-28(33)7-1)43-47-41(31-18-13-29(14-19-31)37-24-34-9-3-5-11-39(34)44-26-37)46-42(48-43)32-20-15-30(16-21-32)38-25-35-10-4-6-12-40(35)45-27-38;1-2-8-28(9-3-1)37-42-38(29-18-14-26(15-19-29)33-22-31-10-4-6-12-35(31)40-24-33)44-39(43-37)30-20-16-27(17-21-30)34-23-32-11-5-7-13-36(32)41-25-34/h2*1-27H;1-25H. The van der Waals surface area contributed by atoms with Crippen molar-refractivity contribution in [3.8, 4) is 169 Å². The predicted molar refractivity (Wildman–Crippen MR) is 568 cm³/mol. The molecule has 26 rings (SSSR count). The van der Waals surface area contributed by atoms with E-state index in [4.69, 9.17) is 44.9 Å². The molecule has 15 nitrogen and oxygen atoms in total. The molecule has 0 fully saturated rings. The van der Waals surface area contributed by atoms with Crippen molar-refractivity contribution in [1.29, 1.82) is 0 Å². The summed E-state index contributed by atoms with van der Waals surface area (Å²) in [4.78, 5) is 72.7. The van der Waals surface area contributed by atoms with Gasteiger partial charge in [0.2, 0.25) is 0 Å². The summed E-state index contributed by atoms with van der Waals surface area (Å²) in [6.07, 6.45) is 11.5. The van der Waals surface area contributed by atoms with E-state index in [9.17, 15) is 0 Å². The maximum atomic E-state index is 5.04. The van der Waals surface area contributed by atoms with Crippen molar-refractivity contribution in [2.45, 2.75) is 0 Å². The zero-order chi connectivity index (χ0) is 93.0. The average molecular weight is 1790 g/mol. The van der Waals surface area contributed by atoms with Gasteiger partial charge in [0, 0.05) is 153 Å². The van der Waals surface area contributed by atoms with Crippen LogP contribution in [0.2, 0.25) is 0 Å². The molecule has 0 atom stereocenters. The van der Waals surface area contributed by atoms with Gasteiger partial charge in [-0.25, -0.2) is 44.9 Å². The van der Waals surface area contributed by atoms with Crippen LogP contribution in [0.1, 0.15) is 0 Å². The third-order valence-electron chi connectivity index (χ3n) is 25.4. The highest BCUT2D eigenvalue weighted by atomic mass is 15.1. The quantitative estimate of drug-likeness (QED) is 0.0940. The van der Waals surface area contributed by atoms with Crippen molar-refractivity contribution in [3.05, 3.63) is 480 Å². The van der Waals surface area contributed by atoms with Crippen LogP contribution < -0.4 is 0 Å². The Balaban J connectivity index is 0.000000114. The van der Waals surface area contributed by atoms with E-state index in [1.54, 1.807) is 0 Å². The van der Waals surface area contributed by atoms with E-state index < -0.39 is 0 Å². The van der Waals surface area contributed by atoms with Crippen LogP contribution in [-0.4, -0.2) is 74.8 Å². The topological polar surface area (TPSA) is 193 Å². The van der Waals surface area contributed by atoms with Crippen molar-refractivity contribution in [2.75, 3.05) is 0 Å². The lowest BCUT2D eigenvalue weighted by atomic mass is 10.0. The molecule has 0 saturated heterocycles. The number of nitrogens with zero attached hydrogens (tertiary/aromatic N) is 15. The predicted octanol–water partition coefficient (Wildman–Crippen LogP) is 30.2. The van der Waals surface area contributed by atoms with Crippen LogP contribution in [-0.2, 0) is 0 Å². The molecule has 26 aromatic rings. The van der Waals surface area contributed by atoms with Gasteiger partial charge >= 0.3 is 0 Å². The fourth-order valence-corrected chi connectivity index (χ4v) is 17.9. The summed E-state index contributed by atoms with van der Waals surface area (Å²) >= 11 is 0.